The summed E-state index contributed by atoms with van der Waals surface area (Å²) in [7, 11) is 0. The van der Waals surface area contributed by atoms with Gasteiger partial charge in [0.1, 0.15) is 5.70 Å². The number of para-hydroxylation sites is 1. The van der Waals surface area contributed by atoms with Crippen LogP contribution in [-0.2, 0) is 9.59 Å². The van der Waals surface area contributed by atoms with Crippen molar-refractivity contribution in [1.29, 1.82) is 0 Å². The number of amides is 2. The van der Waals surface area contributed by atoms with Gasteiger partial charge < -0.3 is 10.4 Å². The van der Waals surface area contributed by atoms with E-state index in [0.29, 0.717) is 5.69 Å². The van der Waals surface area contributed by atoms with E-state index in [1.165, 1.54) is 18.2 Å². The van der Waals surface area contributed by atoms with Crippen molar-refractivity contribution in [2.75, 3.05) is 18.5 Å². The van der Waals surface area contributed by atoms with E-state index >= 15 is 0 Å². The molecule has 3 rings (SSSR count). The van der Waals surface area contributed by atoms with Gasteiger partial charge in [-0.2, -0.15) is 0 Å². The first-order valence-electron chi connectivity index (χ1n) is 7.80. The molecule has 2 aromatic rings. The lowest BCUT2D eigenvalue weighted by Gasteiger charge is -2.15. The van der Waals surface area contributed by atoms with Crippen LogP contribution in [-0.4, -0.2) is 39.9 Å². The van der Waals surface area contributed by atoms with Crippen LogP contribution in [0.5, 0.6) is 0 Å². The van der Waals surface area contributed by atoms with Gasteiger partial charge in [0.05, 0.1) is 18.1 Å². The Morgan fingerprint density at radius 3 is 2.42 bits per heavy atom. The first kappa shape index (κ1) is 17.3. The molecule has 132 valence electrons. The lowest BCUT2D eigenvalue weighted by Crippen LogP contribution is -2.34. The van der Waals surface area contributed by atoms with Crippen molar-refractivity contribution < 1.29 is 19.6 Å². The summed E-state index contributed by atoms with van der Waals surface area (Å²) in [6, 6.07) is 13.2. The fraction of sp³-hybridized carbons (Fsp3) is 0.111. The van der Waals surface area contributed by atoms with Gasteiger partial charge in [0.2, 0.25) is 0 Å². The third kappa shape index (κ3) is 3.31. The van der Waals surface area contributed by atoms with Gasteiger partial charge in [-0.05, 0) is 23.8 Å². The van der Waals surface area contributed by atoms with Crippen molar-refractivity contribution in [3.05, 3.63) is 70.4 Å². The lowest BCUT2D eigenvalue weighted by atomic mass is 10.0. The summed E-state index contributed by atoms with van der Waals surface area (Å²) in [6.45, 7) is -0.374. The second-order valence-corrected chi connectivity index (χ2v) is 5.55. The summed E-state index contributed by atoms with van der Waals surface area (Å²) in [4.78, 5) is 35.4. The number of aliphatic hydroxyl groups is 1. The van der Waals surface area contributed by atoms with Crippen LogP contribution in [0.25, 0.3) is 11.1 Å². The molecule has 1 heterocycles. The SMILES string of the molecule is O=C1C=C(Nc2ccccc2-c2ccc([N+](=O)[O-])cc2)C(=O)N1CCO. The highest BCUT2D eigenvalue weighted by molar-refractivity contribution is 6.17. The fourth-order valence-corrected chi connectivity index (χ4v) is 2.66. The van der Waals surface area contributed by atoms with Crippen LogP contribution >= 0.6 is 0 Å². The summed E-state index contributed by atoms with van der Waals surface area (Å²) in [6.07, 6.45) is 1.19. The summed E-state index contributed by atoms with van der Waals surface area (Å²) >= 11 is 0. The molecule has 8 heteroatoms. The third-order valence-electron chi connectivity index (χ3n) is 3.92. The maximum atomic E-state index is 12.3. The molecule has 0 unspecified atom stereocenters. The van der Waals surface area contributed by atoms with Gasteiger partial charge in [-0.15, -0.1) is 0 Å². The number of nitrogens with one attached hydrogen (secondary N) is 1. The summed E-state index contributed by atoms with van der Waals surface area (Å²) in [5, 5.41) is 22.7. The van der Waals surface area contributed by atoms with Gasteiger partial charge in [0.25, 0.3) is 17.5 Å². The van der Waals surface area contributed by atoms with E-state index in [4.69, 9.17) is 5.11 Å². The molecule has 2 aromatic carbocycles. The number of nitro groups is 1. The van der Waals surface area contributed by atoms with Crippen molar-refractivity contribution in [3.63, 3.8) is 0 Å². The minimum atomic E-state index is -0.512. The lowest BCUT2D eigenvalue weighted by molar-refractivity contribution is -0.384. The van der Waals surface area contributed by atoms with E-state index in [0.717, 1.165) is 16.0 Å². The van der Waals surface area contributed by atoms with Crippen molar-refractivity contribution in [2.45, 2.75) is 0 Å². The highest BCUT2D eigenvalue weighted by Crippen LogP contribution is 2.30. The largest absolute Gasteiger partial charge is 0.395 e. The molecule has 0 atom stereocenters. The molecule has 0 aromatic heterocycles. The number of rotatable bonds is 6. The van der Waals surface area contributed by atoms with E-state index in [-0.39, 0.29) is 24.5 Å². The van der Waals surface area contributed by atoms with Crippen molar-refractivity contribution in [1.82, 2.24) is 4.90 Å². The van der Waals surface area contributed by atoms with Gasteiger partial charge >= 0.3 is 0 Å². The zero-order valence-corrected chi connectivity index (χ0v) is 13.6. The molecule has 26 heavy (non-hydrogen) atoms. The number of carbonyl (C=O) groups is 2. The Labute approximate surface area is 148 Å². The Bertz CT molecular complexity index is 905. The molecular formula is C18H15N3O5. The van der Waals surface area contributed by atoms with Crippen LogP contribution in [0.4, 0.5) is 11.4 Å². The zero-order chi connectivity index (χ0) is 18.7. The van der Waals surface area contributed by atoms with E-state index in [2.05, 4.69) is 5.32 Å². The smallest absolute Gasteiger partial charge is 0.277 e. The van der Waals surface area contributed by atoms with Crippen LogP contribution in [0.1, 0.15) is 0 Å². The third-order valence-corrected chi connectivity index (χ3v) is 3.92. The predicted molar refractivity (Wildman–Crippen MR) is 94.0 cm³/mol. The number of imide groups is 1. The Morgan fingerprint density at radius 1 is 1.08 bits per heavy atom. The second kappa shape index (κ2) is 7.16. The molecular weight excluding hydrogens is 338 g/mol. The number of hydrogen-bond donors (Lipinski definition) is 2. The highest BCUT2D eigenvalue weighted by atomic mass is 16.6. The van der Waals surface area contributed by atoms with E-state index in [1.807, 2.05) is 0 Å². The number of carbonyl (C=O) groups excluding carboxylic acids is 2. The summed E-state index contributed by atoms with van der Waals surface area (Å²) in [5.74, 6) is -0.998. The van der Waals surface area contributed by atoms with Gasteiger partial charge in [-0.3, -0.25) is 24.6 Å². The second-order valence-electron chi connectivity index (χ2n) is 5.55. The molecule has 0 spiro atoms. The molecule has 2 amide bonds. The number of β-amino-alcohol motifs (C(OH)–C–C–N with tert-alkyl or cyclic N) is 1. The number of hydrogen-bond acceptors (Lipinski definition) is 6. The summed E-state index contributed by atoms with van der Waals surface area (Å²) < 4.78 is 0. The van der Waals surface area contributed by atoms with Crippen molar-refractivity contribution in [3.8, 4) is 11.1 Å². The number of benzene rings is 2. The van der Waals surface area contributed by atoms with E-state index < -0.39 is 16.7 Å². The molecule has 0 fully saturated rings. The topological polar surface area (TPSA) is 113 Å². The molecule has 1 aliphatic heterocycles. The minimum absolute atomic E-state index is 0.0156. The first-order valence-corrected chi connectivity index (χ1v) is 7.80. The molecule has 0 radical (unpaired) electrons. The van der Waals surface area contributed by atoms with E-state index in [9.17, 15) is 19.7 Å². The van der Waals surface area contributed by atoms with Crippen LogP contribution in [0.2, 0.25) is 0 Å². The Balaban J connectivity index is 1.89. The number of nitro benzene ring substituents is 1. The molecule has 0 aliphatic carbocycles. The van der Waals surface area contributed by atoms with Crippen LogP contribution in [0.15, 0.2) is 60.3 Å². The Kier molecular flexibility index (Phi) is 4.76. The molecule has 8 nitrogen and oxygen atoms in total. The Hall–Kier alpha value is -3.52. The average molecular weight is 353 g/mol. The van der Waals surface area contributed by atoms with Crippen molar-refractivity contribution >= 4 is 23.2 Å². The number of anilines is 1. The Morgan fingerprint density at radius 2 is 1.77 bits per heavy atom. The van der Waals surface area contributed by atoms with Gasteiger partial charge in [0, 0.05) is 29.5 Å². The van der Waals surface area contributed by atoms with Crippen LogP contribution in [0, 0.1) is 10.1 Å². The normalized spacial score (nSPS) is 13.7. The molecule has 2 N–H and O–H groups in total. The molecule has 0 bridgehead atoms. The van der Waals surface area contributed by atoms with Crippen LogP contribution < -0.4 is 5.32 Å². The highest BCUT2D eigenvalue weighted by Gasteiger charge is 2.30. The van der Waals surface area contributed by atoms with Crippen LogP contribution in [0.3, 0.4) is 0 Å². The molecule has 1 aliphatic rings. The maximum Gasteiger partial charge on any atom is 0.277 e. The standard InChI is InChI=1S/C18H15N3O5/c22-10-9-20-17(23)11-16(18(20)24)19-15-4-2-1-3-14(15)12-5-7-13(8-6-12)21(25)26/h1-8,11,19,22H,9-10H2. The molecule has 0 saturated heterocycles. The van der Waals surface area contributed by atoms with Gasteiger partial charge in [-0.1, -0.05) is 18.2 Å². The monoisotopic (exact) mass is 353 g/mol. The number of aliphatic hydroxyl groups excluding tert-OH is 1. The predicted octanol–water partition coefficient (Wildman–Crippen LogP) is 1.92. The van der Waals surface area contributed by atoms with Gasteiger partial charge in [0.15, 0.2) is 0 Å². The quantitative estimate of drug-likeness (QED) is 0.466. The first-order chi connectivity index (χ1) is 12.5. The maximum absolute atomic E-state index is 12.3. The van der Waals surface area contributed by atoms with E-state index in [1.54, 1.807) is 36.4 Å². The fourth-order valence-electron chi connectivity index (χ4n) is 2.66. The average Bonchev–Trinajstić information content (AvgIpc) is 2.90. The number of nitrogens with zero attached hydrogens (tertiary/aromatic N) is 2. The zero-order valence-electron chi connectivity index (χ0n) is 13.6. The van der Waals surface area contributed by atoms with Crippen molar-refractivity contribution in [2.24, 2.45) is 0 Å². The minimum Gasteiger partial charge on any atom is -0.395 e. The molecule has 0 saturated carbocycles. The number of non-ortho nitro benzene ring substituents is 1. The summed E-state index contributed by atoms with van der Waals surface area (Å²) in [5.41, 5.74) is 2.13. The van der Waals surface area contributed by atoms with Gasteiger partial charge in [-0.25, -0.2) is 0 Å².